The van der Waals surface area contributed by atoms with Gasteiger partial charge in [-0.2, -0.15) is 5.10 Å². The number of nitrogens with two attached hydrogens (primary N) is 1. The Morgan fingerprint density at radius 2 is 2.21 bits per heavy atom. The summed E-state index contributed by atoms with van der Waals surface area (Å²) in [6.45, 7) is 2.32. The zero-order valence-corrected chi connectivity index (χ0v) is 12.3. The molecular formula is C13H14ClN3OS. The molecule has 0 aliphatic carbocycles. The Hall–Kier alpha value is -1.59. The van der Waals surface area contributed by atoms with Crippen LogP contribution in [0.25, 0.3) is 0 Å². The van der Waals surface area contributed by atoms with Crippen LogP contribution in [0.15, 0.2) is 24.3 Å². The highest BCUT2D eigenvalue weighted by Gasteiger charge is 2.09. The van der Waals surface area contributed by atoms with E-state index in [1.54, 1.807) is 22.9 Å². The lowest BCUT2D eigenvalue weighted by molar-refractivity contribution is 0.294. The summed E-state index contributed by atoms with van der Waals surface area (Å²) < 4.78 is 7.52. The van der Waals surface area contributed by atoms with E-state index in [0.717, 1.165) is 11.4 Å². The summed E-state index contributed by atoms with van der Waals surface area (Å²) >= 11 is 10.9. The Kier molecular flexibility index (Phi) is 4.07. The predicted octanol–water partition coefficient (Wildman–Crippen LogP) is 2.60. The minimum absolute atomic E-state index is 0.285. The van der Waals surface area contributed by atoms with Gasteiger partial charge in [-0.1, -0.05) is 23.8 Å². The van der Waals surface area contributed by atoms with Gasteiger partial charge in [0, 0.05) is 12.1 Å². The summed E-state index contributed by atoms with van der Waals surface area (Å²) in [7, 11) is 1.87. The molecule has 1 aromatic heterocycles. The van der Waals surface area contributed by atoms with E-state index in [4.69, 9.17) is 34.3 Å². The van der Waals surface area contributed by atoms with E-state index in [0.29, 0.717) is 22.9 Å². The highest BCUT2D eigenvalue weighted by atomic mass is 35.5. The number of aryl methyl sites for hydroxylation is 2. The molecule has 0 fully saturated rings. The Balaban J connectivity index is 2.21. The molecule has 0 spiro atoms. The molecule has 2 rings (SSSR count). The second-order valence-electron chi connectivity index (χ2n) is 4.19. The highest BCUT2D eigenvalue weighted by Crippen LogP contribution is 2.24. The average Bonchev–Trinajstić information content (AvgIpc) is 2.65. The lowest BCUT2D eigenvalue weighted by Crippen LogP contribution is -2.12. The molecule has 19 heavy (non-hydrogen) atoms. The van der Waals surface area contributed by atoms with Crippen molar-refractivity contribution in [3.05, 3.63) is 46.2 Å². The van der Waals surface area contributed by atoms with Crippen molar-refractivity contribution in [1.82, 2.24) is 9.78 Å². The SMILES string of the molecule is Cc1cc(COc2cc(Cl)ccc2C(N)=S)n(C)n1. The summed E-state index contributed by atoms with van der Waals surface area (Å²) in [6.07, 6.45) is 0. The van der Waals surface area contributed by atoms with Crippen LogP contribution in [0.5, 0.6) is 5.75 Å². The van der Waals surface area contributed by atoms with Crippen LogP contribution in [0.4, 0.5) is 0 Å². The van der Waals surface area contributed by atoms with E-state index in [1.807, 2.05) is 20.0 Å². The van der Waals surface area contributed by atoms with Crippen molar-refractivity contribution in [2.45, 2.75) is 13.5 Å². The molecule has 1 aromatic carbocycles. The van der Waals surface area contributed by atoms with E-state index >= 15 is 0 Å². The second kappa shape index (κ2) is 5.59. The van der Waals surface area contributed by atoms with Gasteiger partial charge in [0.05, 0.1) is 17.0 Å². The van der Waals surface area contributed by atoms with Gasteiger partial charge in [-0.15, -0.1) is 0 Å². The van der Waals surface area contributed by atoms with E-state index in [2.05, 4.69) is 5.10 Å². The molecule has 2 N–H and O–H groups in total. The smallest absolute Gasteiger partial charge is 0.131 e. The van der Waals surface area contributed by atoms with E-state index < -0.39 is 0 Å². The van der Waals surface area contributed by atoms with Crippen LogP contribution in [0.2, 0.25) is 5.02 Å². The standard InChI is InChI=1S/C13H14ClN3OS/c1-8-5-10(17(2)16-8)7-18-12-6-9(14)3-4-11(12)13(15)19/h3-6H,7H2,1-2H3,(H2,15,19). The molecule has 1 heterocycles. The third-order valence-electron chi connectivity index (χ3n) is 2.68. The first kappa shape index (κ1) is 13.8. The third kappa shape index (κ3) is 3.24. The molecule has 100 valence electrons. The number of benzene rings is 1. The molecule has 0 aliphatic heterocycles. The molecule has 0 unspecified atom stereocenters. The van der Waals surface area contributed by atoms with Crippen molar-refractivity contribution in [2.75, 3.05) is 0 Å². The summed E-state index contributed by atoms with van der Waals surface area (Å²) in [5.74, 6) is 0.582. The number of ether oxygens (including phenoxy) is 1. The second-order valence-corrected chi connectivity index (χ2v) is 5.07. The van der Waals surface area contributed by atoms with Crippen LogP contribution >= 0.6 is 23.8 Å². The fraction of sp³-hybridized carbons (Fsp3) is 0.231. The van der Waals surface area contributed by atoms with Crippen LogP contribution in [0, 0.1) is 6.92 Å². The highest BCUT2D eigenvalue weighted by molar-refractivity contribution is 7.80. The van der Waals surface area contributed by atoms with E-state index in [1.165, 1.54) is 0 Å². The first-order valence-corrected chi connectivity index (χ1v) is 6.47. The molecule has 0 amide bonds. The molecule has 0 bridgehead atoms. The number of halogens is 1. The van der Waals surface area contributed by atoms with Crippen LogP contribution < -0.4 is 10.5 Å². The van der Waals surface area contributed by atoms with Crippen LogP contribution in [0.3, 0.4) is 0 Å². The van der Waals surface area contributed by atoms with Gasteiger partial charge in [-0.25, -0.2) is 0 Å². The average molecular weight is 296 g/mol. The van der Waals surface area contributed by atoms with Gasteiger partial charge in [0.2, 0.25) is 0 Å². The number of hydrogen-bond donors (Lipinski definition) is 1. The van der Waals surface area contributed by atoms with Crippen molar-refractivity contribution < 1.29 is 4.74 Å². The maximum Gasteiger partial charge on any atom is 0.131 e. The van der Waals surface area contributed by atoms with Gasteiger partial charge in [-0.3, -0.25) is 4.68 Å². The fourth-order valence-electron chi connectivity index (χ4n) is 1.77. The van der Waals surface area contributed by atoms with Crippen molar-refractivity contribution in [1.29, 1.82) is 0 Å². The molecule has 0 atom stereocenters. The third-order valence-corrected chi connectivity index (χ3v) is 3.14. The fourth-order valence-corrected chi connectivity index (χ4v) is 2.10. The van der Waals surface area contributed by atoms with Gasteiger partial charge in [0.25, 0.3) is 0 Å². The lowest BCUT2D eigenvalue weighted by atomic mass is 10.2. The van der Waals surface area contributed by atoms with Gasteiger partial charge >= 0.3 is 0 Å². The topological polar surface area (TPSA) is 53.1 Å². The van der Waals surface area contributed by atoms with Gasteiger partial charge in [-0.05, 0) is 31.2 Å². The van der Waals surface area contributed by atoms with Crippen molar-refractivity contribution in [3.8, 4) is 5.75 Å². The molecule has 2 aromatic rings. The Morgan fingerprint density at radius 1 is 1.47 bits per heavy atom. The van der Waals surface area contributed by atoms with Crippen LogP contribution in [-0.4, -0.2) is 14.8 Å². The normalized spacial score (nSPS) is 10.5. The number of rotatable bonds is 4. The number of nitrogens with zero attached hydrogens (tertiary/aromatic N) is 2. The summed E-state index contributed by atoms with van der Waals surface area (Å²) in [4.78, 5) is 0.285. The molecular weight excluding hydrogens is 282 g/mol. The number of hydrogen-bond acceptors (Lipinski definition) is 3. The van der Waals surface area contributed by atoms with E-state index in [9.17, 15) is 0 Å². The lowest BCUT2D eigenvalue weighted by Gasteiger charge is -2.11. The van der Waals surface area contributed by atoms with Crippen LogP contribution in [-0.2, 0) is 13.7 Å². The van der Waals surface area contributed by atoms with Gasteiger partial charge < -0.3 is 10.5 Å². The Bertz CT molecular complexity index is 624. The zero-order chi connectivity index (χ0) is 14.0. The minimum atomic E-state index is 0.285. The number of aromatic nitrogens is 2. The van der Waals surface area contributed by atoms with Crippen molar-refractivity contribution >= 4 is 28.8 Å². The quantitative estimate of drug-likeness (QED) is 0.881. The molecule has 4 nitrogen and oxygen atoms in total. The first-order valence-electron chi connectivity index (χ1n) is 5.69. The molecule has 6 heteroatoms. The zero-order valence-electron chi connectivity index (χ0n) is 10.7. The first-order chi connectivity index (χ1) is 8.97. The van der Waals surface area contributed by atoms with Crippen LogP contribution in [0.1, 0.15) is 17.0 Å². The summed E-state index contributed by atoms with van der Waals surface area (Å²) in [5, 5.41) is 4.84. The maximum absolute atomic E-state index is 5.96. The van der Waals surface area contributed by atoms with Gasteiger partial charge in [0.1, 0.15) is 17.3 Å². The Labute approximate surface area is 122 Å². The molecule has 0 saturated heterocycles. The predicted molar refractivity (Wildman–Crippen MR) is 79.6 cm³/mol. The number of thiocarbonyl (C=S) groups is 1. The maximum atomic E-state index is 5.96. The largest absolute Gasteiger partial charge is 0.487 e. The minimum Gasteiger partial charge on any atom is -0.487 e. The van der Waals surface area contributed by atoms with Crippen molar-refractivity contribution in [3.63, 3.8) is 0 Å². The summed E-state index contributed by atoms with van der Waals surface area (Å²) in [6, 6.07) is 7.16. The van der Waals surface area contributed by atoms with E-state index in [-0.39, 0.29) is 4.99 Å². The summed E-state index contributed by atoms with van der Waals surface area (Å²) in [5.41, 5.74) is 8.25. The monoisotopic (exact) mass is 295 g/mol. The molecule has 0 aliphatic rings. The molecule has 0 radical (unpaired) electrons. The van der Waals surface area contributed by atoms with Crippen molar-refractivity contribution in [2.24, 2.45) is 12.8 Å². The Morgan fingerprint density at radius 3 is 2.79 bits per heavy atom. The van der Waals surface area contributed by atoms with Gasteiger partial charge in [0.15, 0.2) is 0 Å². The molecule has 0 saturated carbocycles.